The number of carbonyl (C=O) groups is 1. The summed E-state index contributed by atoms with van der Waals surface area (Å²) in [5, 5.41) is 11.1. The van der Waals surface area contributed by atoms with Gasteiger partial charge in [0.1, 0.15) is 0 Å². The molecule has 1 N–H and O–H groups in total. The van der Waals surface area contributed by atoms with E-state index in [0.717, 1.165) is 30.2 Å². The summed E-state index contributed by atoms with van der Waals surface area (Å²) in [6.07, 6.45) is 2.13. The van der Waals surface area contributed by atoms with E-state index in [0.29, 0.717) is 49.0 Å². The molecule has 0 bridgehead atoms. The number of hydrogen-bond donors (Lipinski definition) is 1. The van der Waals surface area contributed by atoms with Crippen LogP contribution in [0.1, 0.15) is 30.2 Å². The van der Waals surface area contributed by atoms with Gasteiger partial charge in [0.25, 0.3) is 5.22 Å². The molecule has 1 aromatic heterocycles. The zero-order valence-corrected chi connectivity index (χ0v) is 17.6. The molecule has 29 heavy (non-hydrogen) atoms. The van der Waals surface area contributed by atoms with Crippen LogP contribution < -0.4 is 5.32 Å². The number of nitrogens with zero attached hydrogens (tertiary/aromatic N) is 3. The van der Waals surface area contributed by atoms with Gasteiger partial charge in [-0.05, 0) is 37.5 Å². The lowest BCUT2D eigenvalue weighted by molar-refractivity contribution is -0.113. The molecule has 1 amide bonds. The highest BCUT2D eigenvalue weighted by atomic mass is 32.2. The normalized spacial score (nSPS) is 18.0. The molecule has 0 spiro atoms. The minimum absolute atomic E-state index is 0.0895. The van der Waals surface area contributed by atoms with Gasteiger partial charge in [-0.3, -0.25) is 4.79 Å². The zero-order chi connectivity index (χ0) is 20.4. The maximum Gasteiger partial charge on any atom is 0.277 e. The number of thioether (sulfide) groups is 1. The number of carbonyl (C=O) groups excluding carboxylic acids is 1. The van der Waals surface area contributed by atoms with Gasteiger partial charge in [-0.15, -0.1) is 10.2 Å². The van der Waals surface area contributed by atoms with Crippen molar-refractivity contribution in [3.63, 3.8) is 0 Å². The number of aromatic nitrogens is 2. The molecule has 2 heterocycles. The summed E-state index contributed by atoms with van der Waals surface area (Å²) in [6, 6.07) is 4.75. The van der Waals surface area contributed by atoms with E-state index in [1.54, 1.807) is 12.1 Å². The average molecular weight is 439 g/mol. The fourth-order valence-corrected chi connectivity index (χ4v) is 4.92. The van der Waals surface area contributed by atoms with Crippen LogP contribution in [0.3, 0.4) is 0 Å². The molecule has 4 rings (SSSR count). The molecule has 156 valence electrons. The van der Waals surface area contributed by atoms with Crippen LogP contribution in [0.25, 0.3) is 0 Å². The maximum atomic E-state index is 12.8. The molecule has 0 radical (unpaired) electrons. The Hall–Kier alpha value is -1.95. The Morgan fingerprint density at radius 3 is 2.76 bits per heavy atom. The van der Waals surface area contributed by atoms with E-state index in [-0.39, 0.29) is 16.6 Å². The van der Waals surface area contributed by atoms with Crippen molar-refractivity contribution in [3.8, 4) is 0 Å². The van der Waals surface area contributed by atoms with Crippen molar-refractivity contribution < 1.29 is 22.4 Å². The molecule has 0 atom stereocenters. The van der Waals surface area contributed by atoms with Gasteiger partial charge >= 0.3 is 0 Å². The molecule has 0 unspecified atom stereocenters. The highest BCUT2D eigenvalue weighted by Gasteiger charge is 2.29. The van der Waals surface area contributed by atoms with Gasteiger partial charge in [-0.2, -0.15) is 4.31 Å². The van der Waals surface area contributed by atoms with Crippen LogP contribution >= 0.6 is 11.8 Å². The Labute approximate surface area is 173 Å². The Kier molecular flexibility index (Phi) is 5.91. The number of anilines is 1. The first-order valence-electron chi connectivity index (χ1n) is 9.38. The smallest absolute Gasteiger partial charge is 0.277 e. The number of amides is 1. The molecule has 1 aliphatic carbocycles. The highest BCUT2D eigenvalue weighted by molar-refractivity contribution is 7.99. The van der Waals surface area contributed by atoms with Crippen molar-refractivity contribution in [2.75, 3.05) is 37.4 Å². The van der Waals surface area contributed by atoms with Crippen LogP contribution in [0, 0.1) is 6.92 Å². The van der Waals surface area contributed by atoms with Crippen molar-refractivity contribution in [2.45, 2.75) is 35.8 Å². The summed E-state index contributed by atoms with van der Waals surface area (Å²) in [6.45, 7) is 3.21. The predicted octanol–water partition coefficient (Wildman–Crippen LogP) is 2.01. The number of aryl methyl sites for hydroxylation is 1. The minimum Gasteiger partial charge on any atom is -0.416 e. The van der Waals surface area contributed by atoms with Gasteiger partial charge in [-0.25, -0.2) is 8.42 Å². The molecular formula is C18H22N4O5S2. The molecule has 2 fully saturated rings. The second-order valence-electron chi connectivity index (χ2n) is 7.01. The lowest BCUT2D eigenvalue weighted by atomic mass is 10.2. The Balaban J connectivity index is 1.40. The summed E-state index contributed by atoms with van der Waals surface area (Å²) < 4.78 is 37.8. The third kappa shape index (κ3) is 4.80. The molecule has 1 saturated carbocycles. The van der Waals surface area contributed by atoms with Gasteiger partial charge < -0.3 is 14.5 Å². The minimum atomic E-state index is -3.63. The van der Waals surface area contributed by atoms with Gasteiger partial charge in [0.15, 0.2) is 0 Å². The maximum absolute atomic E-state index is 12.8. The molecule has 1 saturated heterocycles. The monoisotopic (exact) mass is 438 g/mol. The zero-order valence-electron chi connectivity index (χ0n) is 16.0. The van der Waals surface area contributed by atoms with Crippen LogP contribution in [0.4, 0.5) is 5.69 Å². The van der Waals surface area contributed by atoms with E-state index in [1.165, 1.54) is 10.4 Å². The van der Waals surface area contributed by atoms with Crippen molar-refractivity contribution in [1.82, 2.24) is 14.5 Å². The molecule has 11 heteroatoms. The van der Waals surface area contributed by atoms with Crippen molar-refractivity contribution in [2.24, 2.45) is 0 Å². The Morgan fingerprint density at radius 1 is 1.28 bits per heavy atom. The van der Waals surface area contributed by atoms with E-state index in [4.69, 9.17) is 9.15 Å². The van der Waals surface area contributed by atoms with Crippen molar-refractivity contribution in [3.05, 3.63) is 29.7 Å². The van der Waals surface area contributed by atoms with E-state index in [1.807, 2.05) is 6.92 Å². The standard InChI is InChI=1S/C18H22N4O5S2/c1-12-2-5-14(29(24,25)22-6-8-26-9-7-22)10-15(12)19-16(23)11-28-18-21-20-17(27-18)13-3-4-13/h2,5,10,13H,3-4,6-9,11H2,1H3,(H,19,23). The van der Waals surface area contributed by atoms with Crippen LogP contribution in [-0.4, -0.2) is 60.9 Å². The van der Waals surface area contributed by atoms with Gasteiger partial charge in [0, 0.05) is 24.7 Å². The second kappa shape index (κ2) is 8.42. The summed E-state index contributed by atoms with van der Waals surface area (Å²) in [4.78, 5) is 12.5. The largest absolute Gasteiger partial charge is 0.416 e. The predicted molar refractivity (Wildman–Crippen MR) is 106 cm³/mol. The first-order chi connectivity index (χ1) is 13.9. The van der Waals surface area contributed by atoms with E-state index >= 15 is 0 Å². The summed E-state index contributed by atoms with van der Waals surface area (Å²) in [5.74, 6) is 0.811. The van der Waals surface area contributed by atoms with Gasteiger partial charge in [-0.1, -0.05) is 17.8 Å². The number of benzene rings is 1. The molecule has 2 aromatic rings. The van der Waals surface area contributed by atoms with Crippen molar-refractivity contribution >= 4 is 33.4 Å². The molecule has 9 nitrogen and oxygen atoms in total. The average Bonchev–Trinajstić information content (AvgIpc) is 3.46. The van der Waals surface area contributed by atoms with Crippen LogP contribution in [0.5, 0.6) is 0 Å². The topological polar surface area (TPSA) is 115 Å². The first-order valence-corrected chi connectivity index (χ1v) is 11.8. The summed E-state index contributed by atoms with van der Waals surface area (Å²) in [5.41, 5.74) is 1.24. The second-order valence-corrected chi connectivity index (χ2v) is 9.88. The number of ether oxygens (including phenoxy) is 1. The number of rotatable bonds is 7. The molecule has 1 aliphatic heterocycles. The SMILES string of the molecule is Cc1ccc(S(=O)(=O)N2CCOCC2)cc1NC(=O)CSc1nnc(C2CC2)o1. The quantitative estimate of drug-likeness (QED) is 0.653. The summed E-state index contributed by atoms with van der Waals surface area (Å²) >= 11 is 1.16. The number of morpholine rings is 1. The Morgan fingerprint density at radius 2 is 2.03 bits per heavy atom. The number of nitrogens with one attached hydrogen (secondary N) is 1. The van der Waals surface area contributed by atoms with E-state index in [9.17, 15) is 13.2 Å². The molecule has 2 aliphatic rings. The number of sulfonamides is 1. The Bertz CT molecular complexity index is 997. The highest BCUT2D eigenvalue weighted by Crippen LogP contribution is 2.39. The third-order valence-electron chi connectivity index (χ3n) is 4.77. The lowest BCUT2D eigenvalue weighted by Crippen LogP contribution is -2.40. The lowest BCUT2D eigenvalue weighted by Gasteiger charge is -2.26. The third-order valence-corrected chi connectivity index (χ3v) is 7.48. The van der Waals surface area contributed by atoms with E-state index < -0.39 is 10.0 Å². The molecular weight excluding hydrogens is 416 g/mol. The van der Waals surface area contributed by atoms with E-state index in [2.05, 4.69) is 15.5 Å². The fraction of sp³-hybridized carbons (Fsp3) is 0.500. The van der Waals surface area contributed by atoms with Gasteiger partial charge in [0.05, 0.1) is 23.9 Å². The van der Waals surface area contributed by atoms with Gasteiger partial charge in [0.2, 0.25) is 21.8 Å². The van der Waals surface area contributed by atoms with Crippen molar-refractivity contribution in [1.29, 1.82) is 0 Å². The van der Waals surface area contributed by atoms with Crippen LogP contribution in [0.15, 0.2) is 32.7 Å². The van der Waals surface area contributed by atoms with Crippen LogP contribution in [0.2, 0.25) is 0 Å². The number of hydrogen-bond acceptors (Lipinski definition) is 8. The summed E-state index contributed by atoms with van der Waals surface area (Å²) in [7, 11) is -3.63. The molecule has 1 aromatic carbocycles. The first kappa shape index (κ1) is 20.3. The fourth-order valence-electron chi connectivity index (χ4n) is 2.92. The van der Waals surface area contributed by atoms with Crippen LogP contribution in [-0.2, 0) is 19.6 Å².